The summed E-state index contributed by atoms with van der Waals surface area (Å²) < 4.78 is 1.97. The molecule has 1 amide bonds. The third kappa shape index (κ3) is 3.48. The molecule has 118 valence electrons. The fourth-order valence-electron chi connectivity index (χ4n) is 2.65. The quantitative estimate of drug-likeness (QED) is 0.928. The van der Waals surface area contributed by atoms with E-state index in [2.05, 4.69) is 21.5 Å². The van der Waals surface area contributed by atoms with Crippen molar-refractivity contribution in [2.24, 2.45) is 0 Å². The number of aromatic nitrogens is 3. The Labute approximate surface area is 134 Å². The van der Waals surface area contributed by atoms with Crippen LogP contribution in [0.25, 0.3) is 0 Å². The highest BCUT2D eigenvalue weighted by molar-refractivity contribution is 5.73. The Morgan fingerprint density at radius 2 is 2.30 bits per heavy atom. The van der Waals surface area contributed by atoms with Crippen molar-refractivity contribution in [2.75, 3.05) is 11.9 Å². The number of fused-ring (bicyclic) bond motifs is 1. The van der Waals surface area contributed by atoms with Gasteiger partial charge in [0, 0.05) is 26.2 Å². The average molecular weight is 310 g/mol. The first-order chi connectivity index (χ1) is 11.2. The Hall–Kier alpha value is -2.88. The molecule has 0 saturated carbocycles. The molecular formula is C16H18N6O. The second-order valence-electron chi connectivity index (χ2n) is 5.54. The zero-order valence-corrected chi connectivity index (χ0v) is 13.0. The van der Waals surface area contributed by atoms with Crippen LogP contribution in [0.3, 0.4) is 0 Å². The molecule has 0 radical (unpaired) electrons. The van der Waals surface area contributed by atoms with Crippen LogP contribution in [-0.2, 0) is 24.4 Å². The first-order valence-electron chi connectivity index (χ1n) is 7.57. The lowest BCUT2D eigenvalue weighted by Crippen LogP contribution is -2.28. The van der Waals surface area contributed by atoms with Gasteiger partial charge in [0.1, 0.15) is 5.82 Å². The van der Waals surface area contributed by atoms with Gasteiger partial charge in [0.2, 0.25) is 5.91 Å². The molecule has 0 bridgehead atoms. The van der Waals surface area contributed by atoms with Gasteiger partial charge in [-0.3, -0.25) is 9.48 Å². The minimum absolute atomic E-state index is 0.0943. The first-order valence-corrected chi connectivity index (χ1v) is 7.57. The van der Waals surface area contributed by atoms with E-state index in [4.69, 9.17) is 5.26 Å². The van der Waals surface area contributed by atoms with Crippen molar-refractivity contribution in [1.82, 2.24) is 19.7 Å². The minimum Gasteiger partial charge on any atom is -0.364 e. The molecule has 0 fully saturated rings. The van der Waals surface area contributed by atoms with Gasteiger partial charge in [-0.05, 0) is 24.6 Å². The number of hydrogen-bond acceptors (Lipinski definition) is 5. The molecule has 0 aromatic carbocycles. The summed E-state index contributed by atoms with van der Waals surface area (Å²) in [5.74, 6) is 0.745. The topological polar surface area (TPSA) is 86.8 Å². The van der Waals surface area contributed by atoms with E-state index in [0.717, 1.165) is 30.9 Å². The van der Waals surface area contributed by atoms with Crippen LogP contribution in [0, 0.1) is 11.3 Å². The molecule has 1 aliphatic rings. The van der Waals surface area contributed by atoms with Gasteiger partial charge in [-0.15, -0.1) is 0 Å². The van der Waals surface area contributed by atoms with E-state index in [-0.39, 0.29) is 5.91 Å². The third-order valence-corrected chi connectivity index (χ3v) is 3.85. The Morgan fingerprint density at radius 3 is 3.09 bits per heavy atom. The molecular weight excluding hydrogens is 292 g/mol. The summed E-state index contributed by atoms with van der Waals surface area (Å²) >= 11 is 0. The van der Waals surface area contributed by atoms with E-state index >= 15 is 0 Å². The molecule has 2 aromatic heterocycles. The molecule has 7 heteroatoms. The van der Waals surface area contributed by atoms with Gasteiger partial charge in [-0.1, -0.05) is 0 Å². The molecule has 2 aromatic rings. The second-order valence-corrected chi connectivity index (χ2v) is 5.54. The summed E-state index contributed by atoms with van der Waals surface area (Å²) in [6.07, 6.45) is 2.51. The number of nitrogens with zero attached hydrogens (tertiary/aromatic N) is 5. The predicted octanol–water partition coefficient (Wildman–Crippen LogP) is 1.51. The van der Waals surface area contributed by atoms with Crippen molar-refractivity contribution in [3.63, 3.8) is 0 Å². The monoisotopic (exact) mass is 310 g/mol. The fraction of sp³-hybridized carbons (Fsp3) is 0.375. The number of carbonyl (C=O) groups excluding carboxylic acids is 1. The normalized spacial score (nSPS) is 13.8. The molecule has 23 heavy (non-hydrogen) atoms. The lowest BCUT2D eigenvalue weighted by molar-refractivity contribution is -0.129. The Morgan fingerprint density at radius 1 is 1.43 bits per heavy atom. The maximum atomic E-state index is 11.6. The Bertz CT molecular complexity index is 760. The van der Waals surface area contributed by atoms with E-state index in [0.29, 0.717) is 24.5 Å². The SMILES string of the molecule is CC(=O)N1CCCn2nc(CNc3cc(C#N)ccn3)cc2C1. The molecule has 7 nitrogen and oxygen atoms in total. The van der Waals surface area contributed by atoms with Crippen molar-refractivity contribution in [1.29, 1.82) is 5.26 Å². The van der Waals surface area contributed by atoms with Crippen LogP contribution in [0.4, 0.5) is 5.82 Å². The zero-order chi connectivity index (χ0) is 16.2. The molecule has 0 atom stereocenters. The van der Waals surface area contributed by atoms with Crippen LogP contribution >= 0.6 is 0 Å². The lowest BCUT2D eigenvalue weighted by atomic mass is 10.3. The van der Waals surface area contributed by atoms with Crippen LogP contribution in [0.2, 0.25) is 0 Å². The van der Waals surface area contributed by atoms with Crippen LogP contribution < -0.4 is 5.32 Å². The molecule has 1 aliphatic heterocycles. The van der Waals surface area contributed by atoms with Gasteiger partial charge in [-0.2, -0.15) is 10.4 Å². The van der Waals surface area contributed by atoms with Crippen molar-refractivity contribution in [2.45, 2.75) is 33.0 Å². The van der Waals surface area contributed by atoms with Gasteiger partial charge >= 0.3 is 0 Å². The summed E-state index contributed by atoms with van der Waals surface area (Å²) in [5, 5.41) is 16.7. The number of carbonyl (C=O) groups is 1. The van der Waals surface area contributed by atoms with Crippen molar-refractivity contribution in [3.05, 3.63) is 41.3 Å². The van der Waals surface area contributed by atoms with Crippen molar-refractivity contribution in [3.8, 4) is 6.07 Å². The van der Waals surface area contributed by atoms with E-state index in [1.807, 2.05) is 15.6 Å². The summed E-state index contributed by atoms with van der Waals surface area (Å²) in [6.45, 7) is 4.33. The van der Waals surface area contributed by atoms with Crippen LogP contribution in [-0.4, -0.2) is 32.1 Å². The van der Waals surface area contributed by atoms with E-state index in [9.17, 15) is 4.79 Å². The maximum Gasteiger partial charge on any atom is 0.219 e. The third-order valence-electron chi connectivity index (χ3n) is 3.85. The number of pyridine rings is 1. The predicted molar refractivity (Wildman–Crippen MR) is 84.2 cm³/mol. The van der Waals surface area contributed by atoms with Crippen LogP contribution in [0.15, 0.2) is 24.4 Å². The number of rotatable bonds is 3. The summed E-state index contributed by atoms with van der Waals surface area (Å²) in [6, 6.07) is 7.48. The van der Waals surface area contributed by atoms with Crippen LogP contribution in [0.5, 0.6) is 0 Å². The summed E-state index contributed by atoms with van der Waals surface area (Å²) in [5.41, 5.74) is 2.52. The minimum atomic E-state index is 0.0943. The fourth-order valence-corrected chi connectivity index (χ4v) is 2.65. The van der Waals surface area contributed by atoms with Gasteiger partial charge in [0.05, 0.1) is 36.1 Å². The highest BCUT2D eigenvalue weighted by Gasteiger charge is 2.18. The molecule has 0 saturated heterocycles. The van der Waals surface area contributed by atoms with Crippen molar-refractivity contribution >= 4 is 11.7 Å². The number of nitrogens with one attached hydrogen (secondary N) is 1. The molecule has 3 rings (SSSR count). The number of aryl methyl sites for hydroxylation is 1. The van der Waals surface area contributed by atoms with Crippen LogP contribution in [0.1, 0.15) is 30.3 Å². The van der Waals surface area contributed by atoms with E-state index in [1.165, 1.54) is 0 Å². The zero-order valence-electron chi connectivity index (χ0n) is 13.0. The van der Waals surface area contributed by atoms with Gasteiger partial charge in [-0.25, -0.2) is 4.98 Å². The molecule has 1 N–H and O–H groups in total. The van der Waals surface area contributed by atoms with E-state index < -0.39 is 0 Å². The largest absolute Gasteiger partial charge is 0.364 e. The molecule has 3 heterocycles. The number of nitriles is 1. The molecule has 0 unspecified atom stereocenters. The Kier molecular flexibility index (Phi) is 4.24. The molecule has 0 aliphatic carbocycles. The van der Waals surface area contributed by atoms with E-state index in [1.54, 1.807) is 25.3 Å². The summed E-state index contributed by atoms with van der Waals surface area (Å²) in [7, 11) is 0. The lowest BCUT2D eigenvalue weighted by Gasteiger charge is -2.17. The maximum absolute atomic E-state index is 11.6. The molecule has 0 spiro atoms. The van der Waals surface area contributed by atoms with Crippen molar-refractivity contribution < 1.29 is 4.79 Å². The number of hydrogen-bond donors (Lipinski definition) is 1. The highest BCUT2D eigenvalue weighted by atomic mass is 16.2. The van der Waals surface area contributed by atoms with Gasteiger partial charge in [0.15, 0.2) is 0 Å². The van der Waals surface area contributed by atoms with Gasteiger partial charge in [0.25, 0.3) is 0 Å². The summed E-state index contributed by atoms with van der Waals surface area (Å²) in [4.78, 5) is 17.6. The standard InChI is InChI=1S/C16H18N6O/c1-12(23)21-5-2-6-22-15(11-21)8-14(20-22)10-19-16-7-13(9-17)3-4-18-16/h3-4,7-8H,2,5-6,10-11H2,1H3,(H,18,19). The Balaban J connectivity index is 1.69. The number of anilines is 1. The number of amides is 1. The second kappa shape index (κ2) is 6.48. The smallest absolute Gasteiger partial charge is 0.219 e. The average Bonchev–Trinajstić information content (AvgIpc) is 2.83. The highest BCUT2D eigenvalue weighted by Crippen LogP contribution is 2.15. The van der Waals surface area contributed by atoms with Gasteiger partial charge < -0.3 is 10.2 Å². The first kappa shape index (κ1) is 15.0.